The molecule has 0 spiro atoms. The summed E-state index contributed by atoms with van der Waals surface area (Å²) in [4.78, 5) is 13.4. The van der Waals surface area contributed by atoms with Crippen LogP contribution in [0, 0.1) is 6.92 Å². The smallest absolute Gasteiger partial charge is 0.243 e. The normalized spacial score (nSPS) is 18.7. The number of hydrogen-bond acceptors (Lipinski definition) is 7. The van der Waals surface area contributed by atoms with Gasteiger partial charge in [-0.2, -0.15) is 4.98 Å². The van der Waals surface area contributed by atoms with Crippen LogP contribution in [0.25, 0.3) is 0 Å². The van der Waals surface area contributed by atoms with Crippen molar-refractivity contribution in [2.75, 3.05) is 31.1 Å². The predicted molar refractivity (Wildman–Crippen MR) is 73.4 cm³/mol. The van der Waals surface area contributed by atoms with Crippen LogP contribution in [0.15, 0.2) is 16.1 Å². The van der Waals surface area contributed by atoms with E-state index in [0.717, 1.165) is 31.3 Å². The Balaban J connectivity index is 1.61. The van der Waals surface area contributed by atoms with Crippen LogP contribution in [0.4, 0.5) is 5.13 Å². The topological polar surface area (TPSA) is 58.3 Å². The Morgan fingerprint density at radius 3 is 2.68 bits per heavy atom. The fraction of sp³-hybridized carbons (Fsp3) is 0.583. The van der Waals surface area contributed by atoms with Crippen molar-refractivity contribution in [2.24, 2.45) is 0 Å². The molecule has 0 saturated carbocycles. The summed E-state index contributed by atoms with van der Waals surface area (Å²) in [5.41, 5.74) is 0. The van der Waals surface area contributed by atoms with Crippen LogP contribution < -0.4 is 4.90 Å². The standard InChI is InChI=1S/C12H17N5OS/c1-9(11-14-10(2)15-18-11)16-4-6-17(7-5-16)12-13-3-8-19-12/h3,8-9H,4-7H2,1-2H3/t9-/m0/s1. The quantitative estimate of drug-likeness (QED) is 0.852. The zero-order valence-corrected chi connectivity index (χ0v) is 11.9. The Bertz CT molecular complexity index is 518. The highest BCUT2D eigenvalue weighted by molar-refractivity contribution is 7.13. The molecule has 0 bridgehead atoms. The summed E-state index contributed by atoms with van der Waals surface area (Å²) < 4.78 is 5.25. The lowest BCUT2D eigenvalue weighted by Gasteiger charge is -2.36. The minimum absolute atomic E-state index is 0.180. The molecule has 1 aliphatic rings. The first-order valence-electron chi connectivity index (χ1n) is 6.43. The zero-order chi connectivity index (χ0) is 13.2. The van der Waals surface area contributed by atoms with Crippen LogP contribution in [-0.4, -0.2) is 46.2 Å². The highest BCUT2D eigenvalue weighted by Gasteiger charge is 2.26. The van der Waals surface area contributed by atoms with Gasteiger partial charge in [-0.25, -0.2) is 4.98 Å². The van der Waals surface area contributed by atoms with Gasteiger partial charge in [0.25, 0.3) is 0 Å². The summed E-state index contributed by atoms with van der Waals surface area (Å²) in [5, 5.41) is 6.99. The fourth-order valence-corrected chi connectivity index (χ4v) is 3.01. The number of nitrogens with zero attached hydrogens (tertiary/aromatic N) is 5. The van der Waals surface area contributed by atoms with Gasteiger partial charge in [-0.05, 0) is 13.8 Å². The van der Waals surface area contributed by atoms with E-state index in [1.54, 1.807) is 11.3 Å². The first-order valence-corrected chi connectivity index (χ1v) is 7.30. The Kier molecular flexibility index (Phi) is 3.48. The van der Waals surface area contributed by atoms with Crippen LogP contribution in [0.3, 0.4) is 0 Å². The molecule has 1 aliphatic heterocycles. The van der Waals surface area contributed by atoms with Gasteiger partial charge in [0.1, 0.15) is 0 Å². The molecular weight excluding hydrogens is 262 g/mol. The summed E-state index contributed by atoms with van der Waals surface area (Å²) in [7, 11) is 0. The lowest BCUT2D eigenvalue weighted by Crippen LogP contribution is -2.47. The van der Waals surface area contributed by atoms with Crippen molar-refractivity contribution in [2.45, 2.75) is 19.9 Å². The van der Waals surface area contributed by atoms with Crippen molar-refractivity contribution in [3.63, 3.8) is 0 Å². The maximum atomic E-state index is 5.25. The van der Waals surface area contributed by atoms with Gasteiger partial charge in [-0.15, -0.1) is 11.3 Å². The van der Waals surface area contributed by atoms with E-state index < -0.39 is 0 Å². The van der Waals surface area contributed by atoms with Crippen LogP contribution in [0.2, 0.25) is 0 Å². The van der Waals surface area contributed by atoms with Gasteiger partial charge >= 0.3 is 0 Å². The number of aryl methyl sites for hydroxylation is 1. The molecule has 0 amide bonds. The van der Waals surface area contributed by atoms with E-state index in [0.29, 0.717) is 11.7 Å². The van der Waals surface area contributed by atoms with E-state index >= 15 is 0 Å². The minimum Gasteiger partial charge on any atom is -0.346 e. The number of hydrogen-bond donors (Lipinski definition) is 0. The van der Waals surface area contributed by atoms with Gasteiger partial charge in [0.15, 0.2) is 11.0 Å². The molecule has 2 aromatic heterocycles. The highest BCUT2D eigenvalue weighted by atomic mass is 32.1. The van der Waals surface area contributed by atoms with Gasteiger partial charge in [0.2, 0.25) is 5.89 Å². The fourth-order valence-electron chi connectivity index (χ4n) is 2.31. The summed E-state index contributed by atoms with van der Waals surface area (Å²) >= 11 is 1.69. The Morgan fingerprint density at radius 2 is 2.11 bits per heavy atom. The van der Waals surface area contributed by atoms with Crippen LogP contribution >= 0.6 is 11.3 Å². The largest absolute Gasteiger partial charge is 0.346 e. The summed E-state index contributed by atoms with van der Waals surface area (Å²) in [5.74, 6) is 1.41. The third-order valence-electron chi connectivity index (χ3n) is 3.45. The van der Waals surface area contributed by atoms with E-state index in [9.17, 15) is 0 Å². The SMILES string of the molecule is Cc1noc([C@H](C)N2CCN(c3nccs3)CC2)n1. The van der Waals surface area contributed by atoms with Gasteiger partial charge in [-0.3, -0.25) is 4.90 Å². The highest BCUT2D eigenvalue weighted by Crippen LogP contribution is 2.23. The second-order valence-electron chi connectivity index (χ2n) is 4.69. The molecule has 2 aromatic rings. The molecule has 102 valence electrons. The Labute approximate surface area is 116 Å². The van der Waals surface area contributed by atoms with Crippen molar-refractivity contribution >= 4 is 16.5 Å². The molecule has 0 aliphatic carbocycles. The predicted octanol–water partition coefficient (Wildman–Crippen LogP) is 1.72. The maximum absolute atomic E-state index is 5.25. The number of piperazine rings is 1. The van der Waals surface area contributed by atoms with E-state index in [-0.39, 0.29) is 6.04 Å². The van der Waals surface area contributed by atoms with Crippen molar-refractivity contribution < 1.29 is 4.52 Å². The third kappa shape index (κ3) is 2.62. The van der Waals surface area contributed by atoms with Crippen molar-refractivity contribution in [1.82, 2.24) is 20.0 Å². The number of aromatic nitrogens is 3. The van der Waals surface area contributed by atoms with Gasteiger partial charge in [0, 0.05) is 37.8 Å². The zero-order valence-electron chi connectivity index (χ0n) is 11.1. The van der Waals surface area contributed by atoms with Gasteiger partial charge < -0.3 is 9.42 Å². The van der Waals surface area contributed by atoms with Crippen LogP contribution in [0.5, 0.6) is 0 Å². The molecule has 3 heterocycles. The van der Waals surface area contributed by atoms with E-state index in [1.165, 1.54) is 0 Å². The Hall–Kier alpha value is -1.47. The molecule has 3 rings (SSSR count). The monoisotopic (exact) mass is 279 g/mol. The molecule has 1 atom stereocenters. The average molecular weight is 279 g/mol. The number of anilines is 1. The third-order valence-corrected chi connectivity index (χ3v) is 4.28. The van der Waals surface area contributed by atoms with Crippen molar-refractivity contribution in [3.05, 3.63) is 23.3 Å². The minimum atomic E-state index is 0.180. The van der Waals surface area contributed by atoms with Crippen molar-refractivity contribution in [3.8, 4) is 0 Å². The second-order valence-corrected chi connectivity index (χ2v) is 5.57. The van der Waals surface area contributed by atoms with Crippen LogP contribution in [-0.2, 0) is 0 Å². The molecule has 6 nitrogen and oxygen atoms in total. The number of thiazole rings is 1. The lowest BCUT2D eigenvalue weighted by molar-refractivity contribution is 0.164. The Morgan fingerprint density at radius 1 is 1.32 bits per heavy atom. The summed E-state index contributed by atoms with van der Waals surface area (Å²) in [6.07, 6.45) is 1.86. The first kappa shape index (κ1) is 12.6. The second kappa shape index (κ2) is 5.26. The first-order chi connectivity index (χ1) is 9.24. The van der Waals surface area contributed by atoms with Crippen molar-refractivity contribution in [1.29, 1.82) is 0 Å². The van der Waals surface area contributed by atoms with E-state index in [1.807, 2.05) is 18.5 Å². The molecule has 0 radical (unpaired) electrons. The maximum Gasteiger partial charge on any atom is 0.243 e. The summed E-state index contributed by atoms with van der Waals surface area (Å²) in [6.45, 7) is 7.92. The molecule has 1 fully saturated rings. The molecule has 1 saturated heterocycles. The molecule has 19 heavy (non-hydrogen) atoms. The average Bonchev–Trinajstić information content (AvgIpc) is 3.09. The number of rotatable bonds is 3. The van der Waals surface area contributed by atoms with Gasteiger partial charge in [0.05, 0.1) is 6.04 Å². The molecule has 0 unspecified atom stereocenters. The van der Waals surface area contributed by atoms with E-state index in [2.05, 4.69) is 31.8 Å². The van der Waals surface area contributed by atoms with Gasteiger partial charge in [-0.1, -0.05) is 5.16 Å². The summed E-state index contributed by atoms with van der Waals surface area (Å²) in [6, 6.07) is 0.180. The molecular formula is C12H17N5OS. The lowest BCUT2D eigenvalue weighted by atomic mass is 10.2. The van der Waals surface area contributed by atoms with E-state index in [4.69, 9.17) is 4.52 Å². The molecule has 7 heteroatoms. The molecule has 0 aromatic carbocycles. The molecule has 0 N–H and O–H groups in total. The van der Waals surface area contributed by atoms with Crippen LogP contribution in [0.1, 0.15) is 24.7 Å².